The van der Waals surface area contributed by atoms with Crippen molar-refractivity contribution in [1.29, 1.82) is 0 Å². The van der Waals surface area contributed by atoms with Crippen LogP contribution in [0.3, 0.4) is 0 Å². The third kappa shape index (κ3) is 5.25. The first-order valence-electron chi connectivity index (χ1n) is 18.5. The van der Waals surface area contributed by atoms with Gasteiger partial charge in [0.15, 0.2) is 28.9 Å². The molecular formula is C49H30N6O. The molecule has 0 atom stereocenters. The van der Waals surface area contributed by atoms with Crippen LogP contribution < -0.4 is 0 Å². The molecule has 0 unspecified atom stereocenters. The highest BCUT2D eigenvalue weighted by atomic mass is 16.3. The average molecular weight is 719 g/mol. The Kier molecular flexibility index (Phi) is 7.35. The lowest BCUT2D eigenvalue weighted by molar-refractivity contribution is 0.671. The summed E-state index contributed by atoms with van der Waals surface area (Å²) in [6, 6.07) is 61.4. The fourth-order valence-corrected chi connectivity index (χ4v) is 7.69. The van der Waals surface area contributed by atoms with Gasteiger partial charge in [-0.15, -0.1) is 0 Å². The number of furan rings is 1. The van der Waals surface area contributed by atoms with E-state index in [2.05, 4.69) is 59.2 Å². The molecule has 0 saturated carbocycles. The minimum atomic E-state index is 0.565. The minimum Gasteiger partial charge on any atom is -0.454 e. The van der Waals surface area contributed by atoms with Crippen molar-refractivity contribution in [3.63, 3.8) is 0 Å². The zero-order chi connectivity index (χ0) is 37.0. The van der Waals surface area contributed by atoms with Crippen molar-refractivity contribution in [2.45, 2.75) is 0 Å². The smallest absolute Gasteiger partial charge is 0.164 e. The van der Waals surface area contributed by atoms with Crippen molar-refractivity contribution in [2.24, 2.45) is 0 Å². The van der Waals surface area contributed by atoms with E-state index < -0.39 is 0 Å². The van der Waals surface area contributed by atoms with Gasteiger partial charge in [0.05, 0.1) is 16.7 Å². The van der Waals surface area contributed by atoms with E-state index in [0.29, 0.717) is 29.1 Å². The Morgan fingerprint density at radius 3 is 1.52 bits per heavy atom. The molecule has 0 aliphatic rings. The molecule has 4 heterocycles. The molecule has 0 bridgehead atoms. The topological polar surface area (TPSA) is 82.5 Å². The predicted molar refractivity (Wildman–Crippen MR) is 224 cm³/mol. The summed E-state index contributed by atoms with van der Waals surface area (Å²) in [6.07, 6.45) is 0. The minimum absolute atomic E-state index is 0.565. The maximum absolute atomic E-state index is 6.85. The summed E-state index contributed by atoms with van der Waals surface area (Å²) in [6.45, 7) is 0. The van der Waals surface area contributed by atoms with Crippen LogP contribution in [-0.2, 0) is 0 Å². The largest absolute Gasteiger partial charge is 0.454 e. The highest BCUT2D eigenvalue weighted by molar-refractivity contribution is 6.26. The van der Waals surface area contributed by atoms with Gasteiger partial charge in [0.2, 0.25) is 0 Å². The molecule has 0 spiro atoms. The van der Waals surface area contributed by atoms with Gasteiger partial charge in [0.25, 0.3) is 0 Å². The first-order chi connectivity index (χ1) is 27.8. The molecule has 0 saturated heterocycles. The highest BCUT2D eigenvalue weighted by Gasteiger charge is 2.26. The molecule has 7 aromatic carbocycles. The molecule has 0 amide bonds. The summed E-state index contributed by atoms with van der Waals surface area (Å²) >= 11 is 0. The molecular weight excluding hydrogens is 689 g/mol. The Balaban J connectivity index is 1.29. The predicted octanol–water partition coefficient (Wildman–Crippen LogP) is 12.0. The van der Waals surface area contributed by atoms with Crippen molar-refractivity contribution < 1.29 is 4.42 Å². The third-order valence-electron chi connectivity index (χ3n) is 10.3. The SMILES string of the molecule is c1ccc(-c2cc(-n3c4ccccc4c4c(-c5nc(-c6ccccc6)nc(-c6ccccc6)n5)cc5c6ccccc6oc5c43)nc(-c3ccccc3)n2)cc1. The second-order valence-corrected chi connectivity index (χ2v) is 13.7. The van der Waals surface area contributed by atoms with E-state index in [1.165, 1.54) is 0 Å². The van der Waals surface area contributed by atoms with Crippen LogP contribution >= 0.6 is 0 Å². The van der Waals surface area contributed by atoms with Gasteiger partial charge in [-0.1, -0.05) is 158 Å². The van der Waals surface area contributed by atoms with Crippen molar-refractivity contribution in [1.82, 2.24) is 29.5 Å². The van der Waals surface area contributed by atoms with Gasteiger partial charge in [-0.2, -0.15) is 0 Å². The summed E-state index contributed by atoms with van der Waals surface area (Å²) in [5.74, 6) is 3.10. The quantitative estimate of drug-likeness (QED) is 0.170. The number of hydrogen-bond donors (Lipinski definition) is 0. The first-order valence-corrected chi connectivity index (χ1v) is 18.5. The summed E-state index contributed by atoms with van der Waals surface area (Å²) < 4.78 is 9.07. The fraction of sp³-hybridized carbons (Fsp3) is 0. The summed E-state index contributed by atoms with van der Waals surface area (Å²) in [5, 5.41) is 3.93. The molecule has 11 aromatic rings. The Hall–Kier alpha value is -7.77. The van der Waals surface area contributed by atoms with Crippen molar-refractivity contribution in [3.8, 4) is 62.6 Å². The van der Waals surface area contributed by atoms with Crippen LogP contribution in [0.25, 0.3) is 106 Å². The lowest BCUT2D eigenvalue weighted by atomic mass is 10.0. The number of para-hydroxylation sites is 2. The molecule has 262 valence electrons. The molecule has 56 heavy (non-hydrogen) atoms. The van der Waals surface area contributed by atoms with Gasteiger partial charge < -0.3 is 4.42 Å². The van der Waals surface area contributed by atoms with Gasteiger partial charge in [0.1, 0.15) is 11.4 Å². The van der Waals surface area contributed by atoms with E-state index in [9.17, 15) is 0 Å². The molecule has 0 aliphatic carbocycles. The van der Waals surface area contributed by atoms with E-state index in [0.717, 1.165) is 77.3 Å². The second kappa shape index (κ2) is 13.0. The zero-order valence-electron chi connectivity index (χ0n) is 29.9. The first kappa shape index (κ1) is 31.7. The Morgan fingerprint density at radius 2 is 0.893 bits per heavy atom. The second-order valence-electron chi connectivity index (χ2n) is 13.7. The Morgan fingerprint density at radius 1 is 0.393 bits per heavy atom. The van der Waals surface area contributed by atoms with E-state index in [1.807, 2.05) is 127 Å². The van der Waals surface area contributed by atoms with Crippen LogP contribution in [0.15, 0.2) is 186 Å². The van der Waals surface area contributed by atoms with Crippen molar-refractivity contribution in [3.05, 3.63) is 182 Å². The molecule has 0 radical (unpaired) electrons. The van der Waals surface area contributed by atoms with Crippen LogP contribution in [0.2, 0.25) is 0 Å². The van der Waals surface area contributed by atoms with E-state index in [-0.39, 0.29) is 0 Å². The van der Waals surface area contributed by atoms with Crippen molar-refractivity contribution >= 4 is 43.7 Å². The van der Waals surface area contributed by atoms with Crippen LogP contribution in [0.5, 0.6) is 0 Å². The lowest BCUT2D eigenvalue weighted by Gasteiger charge is -2.13. The lowest BCUT2D eigenvalue weighted by Crippen LogP contribution is -2.03. The molecule has 0 fully saturated rings. The molecule has 4 aromatic heterocycles. The number of benzene rings is 7. The maximum atomic E-state index is 6.85. The molecule has 0 aliphatic heterocycles. The average Bonchev–Trinajstić information content (AvgIpc) is 3.83. The van der Waals surface area contributed by atoms with Gasteiger partial charge in [-0.05, 0) is 18.2 Å². The monoisotopic (exact) mass is 718 g/mol. The number of hydrogen-bond acceptors (Lipinski definition) is 6. The number of aromatic nitrogens is 6. The maximum Gasteiger partial charge on any atom is 0.164 e. The number of nitrogens with zero attached hydrogens (tertiary/aromatic N) is 6. The molecule has 11 rings (SSSR count). The number of fused-ring (bicyclic) bond motifs is 7. The van der Waals surface area contributed by atoms with E-state index in [4.69, 9.17) is 29.3 Å². The highest BCUT2D eigenvalue weighted by Crippen LogP contribution is 2.45. The number of rotatable bonds is 6. The fourth-order valence-electron chi connectivity index (χ4n) is 7.69. The van der Waals surface area contributed by atoms with Gasteiger partial charge in [-0.25, -0.2) is 24.9 Å². The summed E-state index contributed by atoms with van der Waals surface area (Å²) in [4.78, 5) is 25.9. The van der Waals surface area contributed by atoms with Gasteiger partial charge >= 0.3 is 0 Å². The van der Waals surface area contributed by atoms with Crippen LogP contribution in [0.1, 0.15) is 0 Å². The molecule has 0 N–H and O–H groups in total. The molecule has 7 heteroatoms. The normalized spacial score (nSPS) is 11.6. The summed E-state index contributed by atoms with van der Waals surface area (Å²) in [5.41, 5.74) is 8.80. The zero-order valence-corrected chi connectivity index (χ0v) is 29.9. The summed E-state index contributed by atoms with van der Waals surface area (Å²) in [7, 11) is 0. The van der Waals surface area contributed by atoms with E-state index >= 15 is 0 Å². The molecule has 7 nitrogen and oxygen atoms in total. The van der Waals surface area contributed by atoms with Crippen LogP contribution in [0, 0.1) is 0 Å². The standard InChI is InChI=1S/C49H30N6O/c1-5-17-31(18-6-1)39-30-42(51-46(50-39)32-19-7-2-8-20-32)55-40-27-15-13-26-36(40)43-38(29-37-35-25-14-16-28-41(35)56-45(37)44(43)55)49-53-47(33-21-9-3-10-22-33)52-48(54-49)34-23-11-4-12-24-34/h1-30H. The Labute approximate surface area is 321 Å². The third-order valence-corrected chi connectivity index (χ3v) is 10.3. The van der Waals surface area contributed by atoms with Crippen LogP contribution in [-0.4, -0.2) is 29.5 Å². The van der Waals surface area contributed by atoms with Crippen LogP contribution in [0.4, 0.5) is 0 Å². The van der Waals surface area contributed by atoms with Crippen molar-refractivity contribution in [2.75, 3.05) is 0 Å². The van der Waals surface area contributed by atoms with Gasteiger partial charge in [-0.3, -0.25) is 4.57 Å². The Bertz CT molecular complexity index is 3120. The van der Waals surface area contributed by atoms with Gasteiger partial charge in [0, 0.05) is 55.4 Å². The van der Waals surface area contributed by atoms with E-state index in [1.54, 1.807) is 0 Å².